The standard InChI is InChI=1S/C18H20ClN3O2/c19-16-10-20-7-5-14(16)12-22-8-6-13(11-22)9-21-18(24)15-3-1-2-4-17(15)23/h1-5,7,10,13,23H,6,8-9,11-12H2,(H,21,24)/t13-/m0/s1. The quantitative estimate of drug-likeness (QED) is 0.874. The number of phenols is 1. The Labute approximate surface area is 146 Å². The van der Waals surface area contributed by atoms with E-state index in [0.29, 0.717) is 23.0 Å². The van der Waals surface area contributed by atoms with Gasteiger partial charge in [0.25, 0.3) is 5.91 Å². The van der Waals surface area contributed by atoms with Gasteiger partial charge < -0.3 is 10.4 Å². The SMILES string of the molecule is O=C(NC[C@@H]1CCN(Cc2ccncc2Cl)C1)c1ccccc1O. The first-order valence-electron chi connectivity index (χ1n) is 8.00. The van der Waals surface area contributed by atoms with E-state index < -0.39 is 0 Å². The maximum atomic E-state index is 12.1. The predicted octanol–water partition coefficient (Wildman–Crippen LogP) is 2.69. The molecule has 2 aromatic rings. The summed E-state index contributed by atoms with van der Waals surface area (Å²) in [5.74, 6) is 0.180. The number of hydrogen-bond acceptors (Lipinski definition) is 4. The molecule has 1 atom stereocenters. The number of phenolic OH excluding ortho intramolecular Hbond substituents is 1. The summed E-state index contributed by atoms with van der Waals surface area (Å²) in [6.07, 6.45) is 4.45. The number of hydrogen-bond donors (Lipinski definition) is 2. The summed E-state index contributed by atoms with van der Waals surface area (Å²) >= 11 is 6.15. The predicted molar refractivity (Wildman–Crippen MR) is 93.1 cm³/mol. The third-order valence-electron chi connectivity index (χ3n) is 4.32. The number of halogens is 1. The second kappa shape index (κ2) is 7.64. The second-order valence-corrected chi connectivity index (χ2v) is 6.49. The van der Waals surface area contributed by atoms with Crippen LogP contribution in [-0.4, -0.2) is 40.5 Å². The van der Waals surface area contributed by atoms with Crippen LogP contribution in [0.25, 0.3) is 0 Å². The van der Waals surface area contributed by atoms with E-state index in [2.05, 4.69) is 15.2 Å². The Morgan fingerprint density at radius 1 is 1.38 bits per heavy atom. The molecule has 5 nitrogen and oxygen atoms in total. The van der Waals surface area contributed by atoms with Crippen LogP contribution >= 0.6 is 11.6 Å². The molecule has 1 aliphatic heterocycles. The lowest BCUT2D eigenvalue weighted by Gasteiger charge is -2.17. The summed E-state index contributed by atoms with van der Waals surface area (Å²) < 4.78 is 0. The van der Waals surface area contributed by atoms with Gasteiger partial charge in [0.1, 0.15) is 5.75 Å². The highest BCUT2D eigenvalue weighted by molar-refractivity contribution is 6.31. The van der Waals surface area contributed by atoms with Crippen molar-refractivity contribution in [3.63, 3.8) is 0 Å². The molecule has 0 bridgehead atoms. The van der Waals surface area contributed by atoms with Gasteiger partial charge in [-0.25, -0.2) is 0 Å². The van der Waals surface area contributed by atoms with Gasteiger partial charge in [0.05, 0.1) is 10.6 Å². The number of carbonyl (C=O) groups is 1. The van der Waals surface area contributed by atoms with E-state index in [0.717, 1.165) is 31.6 Å². The van der Waals surface area contributed by atoms with Gasteiger partial charge in [-0.2, -0.15) is 0 Å². The summed E-state index contributed by atoms with van der Waals surface area (Å²) in [5.41, 5.74) is 1.39. The highest BCUT2D eigenvalue weighted by Gasteiger charge is 2.23. The number of likely N-dealkylation sites (tertiary alicyclic amines) is 1. The molecular weight excluding hydrogens is 326 g/mol. The van der Waals surface area contributed by atoms with Crippen LogP contribution in [0.3, 0.4) is 0 Å². The van der Waals surface area contributed by atoms with Crippen LogP contribution in [0.15, 0.2) is 42.7 Å². The van der Waals surface area contributed by atoms with Gasteiger partial charge in [0, 0.05) is 32.0 Å². The zero-order valence-corrected chi connectivity index (χ0v) is 14.0. The van der Waals surface area contributed by atoms with Gasteiger partial charge in [0.15, 0.2) is 0 Å². The number of nitrogens with one attached hydrogen (secondary N) is 1. The molecule has 1 amide bonds. The minimum atomic E-state index is -0.233. The number of para-hydroxylation sites is 1. The third-order valence-corrected chi connectivity index (χ3v) is 4.66. The fourth-order valence-corrected chi connectivity index (χ4v) is 3.17. The molecule has 6 heteroatoms. The Kier molecular flexibility index (Phi) is 5.33. The molecule has 0 radical (unpaired) electrons. The highest BCUT2D eigenvalue weighted by Crippen LogP contribution is 2.22. The fraction of sp³-hybridized carbons (Fsp3) is 0.333. The molecule has 0 unspecified atom stereocenters. The number of pyridine rings is 1. The van der Waals surface area contributed by atoms with Crippen molar-refractivity contribution in [1.82, 2.24) is 15.2 Å². The molecule has 0 saturated carbocycles. The number of aromatic nitrogens is 1. The van der Waals surface area contributed by atoms with Gasteiger partial charge in [-0.15, -0.1) is 0 Å². The smallest absolute Gasteiger partial charge is 0.255 e. The van der Waals surface area contributed by atoms with Crippen molar-refractivity contribution >= 4 is 17.5 Å². The normalized spacial score (nSPS) is 17.8. The van der Waals surface area contributed by atoms with Crippen LogP contribution in [0.4, 0.5) is 0 Å². The minimum Gasteiger partial charge on any atom is -0.507 e. The largest absolute Gasteiger partial charge is 0.507 e. The molecule has 1 aliphatic rings. The highest BCUT2D eigenvalue weighted by atomic mass is 35.5. The molecular formula is C18H20ClN3O2. The number of carbonyl (C=O) groups excluding carboxylic acids is 1. The van der Waals surface area contributed by atoms with Gasteiger partial charge in [-0.05, 0) is 42.6 Å². The molecule has 1 fully saturated rings. The fourth-order valence-electron chi connectivity index (χ4n) is 2.99. The lowest BCUT2D eigenvalue weighted by atomic mass is 10.1. The van der Waals surface area contributed by atoms with Gasteiger partial charge in [-0.3, -0.25) is 14.7 Å². The van der Waals surface area contributed by atoms with Gasteiger partial charge in [-0.1, -0.05) is 23.7 Å². The van der Waals surface area contributed by atoms with E-state index in [9.17, 15) is 9.90 Å². The zero-order valence-electron chi connectivity index (χ0n) is 13.3. The number of amides is 1. The lowest BCUT2D eigenvalue weighted by Crippen LogP contribution is -2.31. The monoisotopic (exact) mass is 345 g/mol. The average molecular weight is 346 g/mol. The molecule has 0 aliphatic carbocycles. The van der Waals surface area contributed by atoms with Crippen molar-refractivity contribution in [1.29, 1.82) is 0 Å². The maximum absolute atomic E-state index is 12.1. The molecule has 2 heterocycles. The zero-order chi connectivity index (χ0) is 16.9. The van der Waals surface area contributed by atoms with E-state index >= 15 is 0 Å². The van der Waals surface area contributed by atoms with Gasteiger partial charge in [0.2, 0.25) is 0 Å². The third kappa shape index (κ3) is 4.04. The Morgan fingerprint density at radius 2 is 2.21 bits per heavy atom. The number of nitrogens with zero attached hydrogens (tertiary/aromatic N) is 2. The Hall–Kier alpha value is -2.11. The molecule has 1 saturated heterocycles. The maximum Gasteiger partial charge on any atom is 0.255 e. The van der Waals surface area contributed by atoms with Crippen LogP contribution < -0.4 is 5.32 Å². The number of aromatic hydroxyl groups is 1. The first kappa shape index (κ1) is 16.7. The summed E-state index contributed by atoms with van der Waals surface area (Å²) in [4.78, 5) is 18.5. The van der Waals surface area contributed by atoms with Crippen molar-refractivity contribution in [2.45, 2.75) is 13.0 Å². The van der Waals surface area contributed by atoms with E-state index in [4.69, 9.17) is 11.6 Å². The molecule has 2 N–H and O–H groups in total. The lowest BCUT2D eigenvalue weighted by molar-refractivity contribution is 0.0944. The molecule has 3 rings (SSSR count). The minimum absolute atomic E-state index is 0.00961. The van der Waals surface area contributed by atoms with Crippen LogP contribution in [0.1, 0.15) is 22.3 Å². The molecule has 24 heavy (non-hydrogen) atoms. The van der Waals surface area contributed by atoms with Crippen molar-refractivity contribution in [2.24, 2.45) is 5.92 Å². The first-order valence-corrected chi connectivity index (χ1v) is 8.38. The van der Waals surface area contributed by atoms with Crippen LogP contribution in [0.5, 0.6) is 5.75 Å². The van der Waals surface area contributed by atoms with Crippen molar-refractivity contribution in [3.05, 3.63) is 58.9 Å². The number of benzene rings is 1. The van der Waals surface area contributed by atoms with E-state index in [-0.39, 0.29) is 11.7 Å². The Morgan fingerprint density at radius 3 is 3.00 bits per heavy atom. The summed E-state index contributed by atoms with van der Waals surface area (Å²) in [7, 11) is 0. The summed E-state index contributed by atoms with van der Waals surface area (Å²) in [6, 6.07) is 8.52. The van der Waals surface area contributed by atoms with Crippen LogP contribution in [0, 0.1) is 5.92 Å². The summed E-state index contributed by atoms with van der Waals surface area (Å²) in [5, 5.41) is 13.3. The Balaban J connectivity index is 1.49. The summed E-state index contributed by atoms with van der Waals surface area (Å²) in [6.45, 7) is 3.30. The number of rotatable bonds is 5. The average Bonchev–Trinajstić information content (AvgIpc) is 3.03. The molecule has 126 valence electrons. The van der Waals surface area contributed by atoms with Gasteiger partial charge >= 0.3 is 0 Å². The first-order chi connectivity index (χ1) is 11.6. The van der Waals surface area contributed by atoms with Crippen molar-refractivity contribution in [3.8, 4) is 5.75 Å². The second-order valence-electron chi connectivity index (χ2n) is 6.08. The van der Waals surface area contributed by atoms with Crippen LogP contribution in [-0.2, 0) is 6.54 Å². The topological polar surface area (TPSA) is 65.5 Å². The van der Waals surface area contributed by atoms with E-state index in [1.807, 2.05) is 6.07 Å². The van der Waals surface area contributed by atoms with Crippen molar-refractivity contribution < 1.29 is 9.90 Å². The van der Waals surface area contributed by atoms with Crippen molar-refractivity contribution in [2.75, 3.05) is 19.6 Å². The molecule has 0 spiro atoms. The molecule has 1 aromatic heterocycles. The van der Waals surface area contributed by atoms with E-state index in [1.165, 1.54) is 6.07 Å². The van der Waals surface area contributed by atoms with E-state index in [1.54, 1.807) is 30.6 Å². The Bertz CT molecular complexity index is 723. The molecule has 1 aromatic carbocycles. The van der Waals surface area contributed by atoms with Crippen LogP contribution in [0.2, 0.25) is 5.02 Å².